The molecule has 0 radical (unpaired) electrons. The van der Waals surface area contributed by atoms with Gasteiger partial charge in [0.15, 0.2) is 5.16 Å². The maximum Gasteiger partial charge on any atom is 0.266 e. The first kappa shape index (κ1) is 22.7. The SMILES string of the molecule is C/C(=N\NC(=O)CSc1nc2ccccc2c(=O)n1-c1ccc(Cl)cc1)c1ccc(F)cc1. The monoisotopic (exact) mass is 480 g/mol. The van der Waals surface area contributed by atoms with Crippen molar-refractivity contribution < 1.29 is 9.18 Å². The van der Waals surface area contributed by atoms with Crippen LogP contribution < -0.4 is 11.0 Å². The van der Waals surface area contributed by atoms with Gasteiger partial charge in [0.25, 0.3) is 11.5 Å². The minimum atomic E-state index is -0.369. The highest BCUT2D eigenvalue weighted by molar-refractivity contribution is 7.99. The largest absolute Gasteiger partial charge is 0.272 e. The van der Waals surface area contributed by atoms with Crippen LogP contribution in [0, 0.1) is 5.82 Å². The number of halogens is 2. The Hall–Kier alpha value is -3.49. The number of hydrogen-bond acceptors (Lipinski definition) is 5. The lowest BCUT2D eigenvalue weighted by molar-refractivity contribution is -0.118. The molecule has 1 amide bonds. The van der Waals surface area contributed by atoms with Gasteiger partial charge < -0.3 is 0 Å². The van der Waals surface area contributed by atoms with Gasteiger partial charge in [-0.1, -0.05) is 47.6 Å². The summed E-state index contributed by atoms with van der Waals surface area (Å²) in [6.45, 7) is 1.71. The zero-order chi connectivity index (χ0) is 23.4. The Morgan fingerprint density at radius 3 is 2.52 bits per heavy atom. The van der Waals surface area contributed by atoms with Crippen LogP contribution in [-0.4, -0.2) is 26.9 Å². The van der Waals surface area contributed by atoms with Crippen LogP contribution >= 0.6 is 23.4 Å². The summed E-state index contributed by atoms with van der Waals surface area (Å²) in [5, 5.41) is 5.46. The molecule has 1 aromatic heterocycles. The van der Waals surface area contributed by atoms with E-state index in [0.717, 1.165) is 11.8 Å². The summed E-state index contributed by atoms with van der Waals surface area (Å²) in [5.41, 5.74) is 4.61. The van der Waals surface area contributed by atoms with Crippen molar-refractivity contribution in [2.45, 2.75) is 12.1 Å². The van der Waals surface area contributed by atoms with Crippen LogP contribution in [0.15, 0.2) is 87.8 Å². The summed E-state index contributed by atoms with van der Waals surface area (Å²) in [4.78, 5) is 30.2. The molecule has 33 heavy (non-hydrogen) atoms. The van der Waals surface area contributed by atoms with Crippen LogP contribution in [-0.2, 0) is 4.79 Å². The lowest BCUT2D eigenvalue weighted by Crippen LogP contribution is -2.24. The van der Waals surface area contributed by atoms with E-state index in [0.29, 0.717) is 38.0 Å². The van der Waals surface area contributed by atoms with Crippen LogP contribution in [0.1, 0.15) is 12.5 Å². The van der Waals surface area contributed by atoms with Gasteiger partial charge in [-0.3, -0.25) is 14.2 Å². The molecule has 166 valence electrons. The Bertz CT molecular complexity index is 1400. The van der Waals surface area contributed by atoms with Crippen molar-refractivity contribution in [1.82, 2.24) is 15.0 Å². The van der Waals surface area contributed by atoms with Crippen molar-refractivity contribution in [2.24, 2.45) is 5.10 Å². The van der Waals surface area contributed by atoms with E-state index >= 15 is 0 Å². The standard InChI is InChI=1S/C24H18ClFN4O2S/c1-15(16-6-10-18(26)11-7-16)28-29-22(31)14-33-24-27-21-5-3-2-4-20(21)23(32)30(24)19-12-8-17(25)9-13-19/h2-13H,14H2,1H3,(H,29,31)/b28-15+. The molecule has 1 N–H and O–H groups in total. The van der Waals surface area contributed by atoms with Crippen molar-refractivity contribution >= 4 is 45.9 Å². The number of amides is 1. The summed E-state index contributed by atoms with van der Waals surface area (Å²) in [6.07, 6.45) is 0. The number of nitrogens with one attached hydrogen (secondary N) is 1. The zero-order valence-electron chi connectivity index (χ0n) is 17.5. The molecule has 0 saturated carbocycles. The molecule has 0 unspecified atom stereocenters. The Balaban J connectivity index is 1.57. The Morgan fingerprint density at radius 2 is 1.79 bits per heavy atom. The molecule has 4 rings (SSSR count). The number of thioether (sulfide) groups is 1. The van der Waals surface area contributed by atoms with E-state index < -0.39 is 0 Å². The molecule has 0 aliphatic carbocycles. The van der Waals surface area contributed by atoms with E-state index in [4.69, 9.17) is 11.6 Å². The lowest BCUT2D eigenvalue weighted by atomic mass is 10.1. The van der Waals surface area contributed by atoms with Crippen LogP contribution in [0.5, 0.6) is 0 Å². The Labute approximate surface area is 198 Å². The first-order chi connectivity index (χ1) is 15.9. The number of aromatic nitrogens is 2. The molecule has 9 heteroatoms. The van der Waals surface area contributed by atoms with Crippen LogP contribution in [0.4, 0.5) is 4.39 Å². The van der Waals surface area contributed by atoms with Crippen molar-refractivity contribution in [2.75, 3.05) is 5.75 Å². The number of nitrogens with zero attached hydrogens (tertiary/aromatic N) is 3. The number of hydrogen-bond donors (Lipinski definition) is 1. The molecule has 0 aliphatic rings. The minimum Gasteiger partial charge on any atom is -0.272 e. The summed E-state index contributed by atoms with van der Waals surface area (Å²) in [5.74, 6) is -0.730. The van der Waals surface area contributed by atoms with Gasteiger partial charge in [-0.2, -0.15) is 5.10 Å². The molecule has 4 aromatic rings. The third-order valence-electron chi connectivity index (χ3n) is 4.77. The molecule has 0 fully saturated rings. The van der Waals surface area contributed by atoms with E-state index in [2.05, 4.69) is 15.5 Å². The van der Waals surface area contributed by atoms with Gasteiger partial charge in [-0.05, 0) is 61.0 Å². The van der Waals surface area contributed by atoms with Gasteiger partial charge in [-0.25, -0.2) is 14.8 Å². The highest BCUT2D eigenvalue weighted by Gasteiger charge is 2.15. The van der Waals surface area contributed by atoms with Gasteiger partial charge in [-0.15, -0.1) is 0 Å². The van der Waals surface area contributed by atoms with Gasteiger partial charge in [0.1, 0.15) is 5.82 Å². The number of para-hydroxylation sites is 1. The third-order valence-corrected chi connectivity index (χ3v) is 5.96. The molecule has 0 saturated heterocycles. The van der Waals surface area contributed by atoms with E-state index in [1.807, 2.05) is 0 Å². The fraction of sp³-hybridized carbons (Fsp3) is 0.0833. The molecule has 0 bridgehead atoms. The highest BCUT2D eigenvalue weighted by Crippen LogP contribution is 2.22. The predicted molar refractivity (Wildman–Crippen MR) is 130 cm³/mol. The third kappa shape index (κ3) is 5.30. The topological polar surface area (TPSA) is 76.3 Å². The molecule has 1 heterocycles. The zero-order valence-corrected chi connectivity index (χ0v) is 19.0. The summed E-state index contributed by atoms with van der Waals surface area (Å²) < 4.78 is 14.5. The molecule has 0 aliphatic heterocycles. The van der Waals surface area contributed by atoms with Crippen LogP contribution in [0.25, 0.3) is 16.6 Å². The lowest BCUT2D eigenvalue weighted by Gasteiger charge is -2.13. The number of carbonyl (C=O) groups is 1. The predicted octanol–water partition coefficient (Wildman–Crippen LogP) is 4.81. The van der Waals surface area contributed by atoms with Crippen molar-refractivity contribution in [3.63, 3.8) is 0 Å². The number of carbonyl (C=O) groups excluding carboxylic acids is 1. The smallest absolute Gasteiger partial charge is 0.266 e. The van der Waals surface area contributed by atoms with E-state index in [9.17, 15) is 14.0 Å². The quantitative estimate of drug-likeness (QED) is 0.186. The Morgan fingerprint density at radius 1 is 1.09 bits per heavy atom. The van der Waals surface area contributed by atoms with Crippen LogP contribution in [0.2, 0.25) is 5.02 Å². The number of hydrazone groups is 1. The maximum atomic E-state index is 13.2. The number of benzene rings is 3. The Kier molecular flexibility index (Phi) is 6.86. The maximum absolute atomic E-state index is 13.2. The van der Waals surface area contributed by atoms with E-state index in [-0.39, 0.29) is 23.0 Å². The highest BCUT2D eigenvalue weighted by atomic mass is 35.5. The first-order valence-corrected chi connectivity index (χ1v) is 11.3. The van der Waals surface area contributed by atoms with Gasteiger partial charge in [0.2, 0.25) is 0 Å². The van der Waals surface area contributed by atoms with Crippen LogP contribution in [0.3, 0.4) is 0 Å². The molecule has 0 atom stereocenters. The molecular formula is C24H18ClFN4O2S. The summed E-state index contributed by atoms with van der Waals surface area (Å²) in [6, 6.07) is 19.7. The van der Waals surface area contributed by atoms with Gasteiger partial charge >= 0.3 is 0 Å². The van der Waals surface area contributed by atoms with E-state index in [1.54, 1.807) is 67.6 Å². The second-order valence-electron chi connectivity index (χ2n) is 7.06. The summed E-state index contributed by atoms with van der Waals surface area (Å²) in [7, 11) is 0. The fourth-order valence-corrected chi connectivity index (χ4v) is 4.02. The molecule has 0 spiro atoms. The normalized spacial score (nSPS) is 11.5. The average molecular weight is 481 g/mol. The van der Waals surface area contributed by atoms with E-state index in [1.165, 1.54) is 16.7 Å². The second kappa shape index (κ2) is 9.97. The van der Waals surface area contributed by atoms with Gasteiger partial charge in [0.05, 0.1) is 28.1 Å². The molecule has 3 aromatic carbocycles. The van der Waals surface area contributed by atoms with Crippen molar-refractivity contribution in [3.8, 4) is 5.69 Å². The minimum absolute atomic E-state index is 0.0153. The van der Waals surface area contributed by atoms with Gasteiger partial charge in [0, 0.05) is 5.02 Å². The molecule has 6 nitrogen and oxygen atoms in total. The number of rotatable bonds is 6. The second-order valence-corrected chi connectivity index (χ2v) is 8.44. The van der Waals surface area contributed by atoms with Crippen molar-refractivity contribution in [1.29, 1.82) is 0 Å². The molecular weight excluding hydrogens is 463 g/mol. The first-order valence-electron chi connectivity index (χ1n) is 9.92. The average Bonchev–Trinajstić information content (AvgIpc) is 2.82. The fourth-order valence-electron chi connectivity index (χ4n) is 3.09. The summed E-state index contributed by atoms with van der Waals surface area (Å²) >= 11 is 7.12. The van der Waals surface area contributed by atoms with Crippen molar-refractivity contribution in [3.05, 3.63) is 99.6 Å². The number of fused-ring (bicyclic) bond motifs is 1.